The van der Waals surface area contributed by atoms with Gasteiger partial charge < -0.3 is 4.74 Å². The molecule has 0 rings (SSSR count). The number of thioether (sulfide) groups is 1. The Balaban J connectivity index is 3.72. The average Bonchev–Trinajstić information content (AvgIpc) is 1.82. The third kappa shape index (κ3) is 4.69. The van der Waals surface area contributed by atoms with E-state index < -0.39 is 0 Å². The van der Waals surface area contributed by atoms with E-state index in [1.807, 2.05) is 20.1 Å². The molecule has 0 aliphatic heterocycles. The maximum atomic E-state index is 10.1. The second-order valence-corrected chi connectivity index (χ2v) is 3.28. The minimum Gasteiger partial charge on any atom is -0.326 e. The van der Waals surface area contributed by atoms with Crippen molar-refractivity contribution in [3.8, 4) is 0 Å². The highest BCUT2D eigenvalue weighted by Gasteiger charge is 1.98. The zero-order chi connectivity index (χ0) is 7.28. The van der Waals surface area contributed by atoms with Gasteiger partial charge in [0.2, 0.25) is 4.38 Å². The molecule has 0 N–H and O–H groups in total. The molecular weight excluding hydrogens is 156 g/mol. The van der Waals surface area contributed by atoms with Crippen LogP contribution in [0.1, 0.15) is 13.8 Å². The summed E-state index contributed by atoms with van der Waals surface area (Å²) in [5.74, 6) is 0. The molecule has 0 unspecified atom stereocenters. The smallest absolute Gasteiger partial charge is 0.204 e. The Labute approximate surface area is 63.0 Å². The van der Waals surface area contributed by atoms with Crippen molar-refractivity contribution in [2.75, 3.05) is 6.26 Å². The predicted octanol–water partition coefficient (Wildman–Crippen LogP) is 1.07. The van der Waals surface area contributed by atoms with Crippen LogP contribution in [-0.2, 0) is 16.0 Å². The first-order chi connectivity index (χ1) is 4.20. The molecule has 0 aliphatic carbocycles. The molecule has 0 amide bonds. The number of hydrogen-bond donors (Lipinski definition) is 0. The summed E-state index contributed by atoms with van der Waals surface area (Å²) >= 11 is 1.75. The second kappa shape index (κ2) is 5.02. The fourth-order valence-electron chi connectivity index (χ4n) is 0.294. The Morgan fingerprint density at radius 3 is 2.22 bits per heavy atom. The van der Waals surface area contributed by atoms with E-state index in [9.17, 15) is 4.21 Å². The molecule has 54 valence electrons. The zero-order valence-electron chi connectivity index (χ0n) is 5.71. The van der Waals surface area contributed by atoms with Crippen molar-refractivity contribution >= 4 is 27.4 Å². The van der Waals surface area contributed by atoms with E-state index in [0.717, 1.165) is 0 Å². The molecule has 0 aromatic rings. The topological polar surface area (TPSA) is 26.3 Å². The molecule has 0 radical (unpaired) electrons. The van der Waals surface area contributed by atoms with Crippen LogP contribution in [0.25, 0.3) is 0 Å². The maximum absolute atomic E-state index is 10.1. The van der Waals surface area contributed by atoms with Crippen LogP contribution in [0.15, 0.2) is 0 Å². The van der Waals surface area contributed by atoms with E-state index in [4.69, 9.17) is 4.74 Å². The van der Waals surface area contributed by atoms with Crippen molar-refractivity contribution < 1.29 is 8.95 Å². The van der Waals surface area contributed by atoms with Gasteiger partial charge in [0.15, 0.2) is 0 Å². The van der Waals surface area contributed by atoms with Crippen molar-refractivity contribution in [1.29, 1.82) is 0 Å². The number of rotatable bonds is 1. The lowest BCUT2D eigenvalue weighted by Gasteiger charge is -2.03. The third-order valence-corrected chi connectivity index (χ3v) is 1.93. The predicted molar refractivity (Wildman–Crippen MR) is 42.9 cm³/mol. The largest absolute Gasteiger partial charge is 0.326 e. The minimum atomic E-state index is 0.105. The molecule has 0 spiro atoms. The van der Waals surface area contributed by atoms with Gasteiger partial charge in [0.25, 0.3) is 0 Å². The van der Waals surface area contributed by atoms with Crippen LogP contribution in [-0.4, -0.2) is 21.0 Å². The molecule has 0 aromatic heterocycles. The van der Waals surface area contributed by atoms with Gasteiger partial charge in [-0.3, -0.25) is 0 Å². The normalized spacial score (nSPS) is 9.78. The molecule has 4 heteroatoms. The maximum Gasteiger partial charge on any atom is 0.204 e. The Kier molecular flexibility index (Phi) is 5.13. The van der Waals surface area contributed by atoms with Crippen LogP contribution in [0.5, 0.6) is 0 Å². The highest BCUT2D eigenvalue weighted by Crippen LogP contribution is 2.00. The Hall–Kier alpha value is 0.200. The molecule has 9 heavy (non-hydrogen) atoms. The van der Waals surface area contributed by atoms with Gasteiger partial charge in [-0.15, -0.1) is 0 Å². The first kappa shape index (κ1) is 9.20. The third-order valence-electron chi connectivity index (χ3n) is 0.567. The van der Waals surface area contributed by atoms with E-state index in [1.54, 1.807) is 0 Å². The summed E-state index contributed by atoms with van der Waals surface area (Å²) < 4.78 is 15.7. The molecule has 0 heterocycles. The van der Waals surface area contributed by atoms with Crippen molar-refractivity contribution in [1.82, 2.24) is 0 Å². The minimum absolute atomic E-state index is 0.105. The van der Waals surface area contributed by atoms with Gasteiger partial charge in [-0.25, -0.2) is 4.21 Å². The molecular formula is C5H10O2S2. The monoisotopic (exact) mass is 166 g/mol. The van der Waals surface area contributed by atoms with Gasteiger partial charge >= 0.3 is 0 Å². The van der Waals surface area contributed by atoms with Crippen LogP contribution in [0.4, 0.5) is 0 Å². The van der Waals surface area contributed by atoms with Gasteiger partial charge in [-0.05, 0) is 20.1 Å². The fourth-order valence-corrected chi connectivity index (χ4v) is 1.09. The van der Waals surface area contributed by atoms with Crippen LogP contribution in [0.3, 0.4) is 0 Å². The summed E-state index contributed by atoms with van der Waals surface area (Å²) in [6.45, 7) is 3.79. The fraction of sp³-hybridized carbons (Fsp3) is 0.800. The van der Waals surface area contributed by atoms with Gasteiger partial charge in [0, 0.05) is 0 Å². The molecule has 0 saturated carbocycles. The Morgan fingerprint density at radius 1 is 1.56 bits per heavy atom. The number of ether oxygens (including phenoxy) is 1. The van der Waals surface area contributed by atoms with Crippen LogP contribution < -0.4 is 0 Å². The second-order valence-electron chi connectivity index (χ2n) is 1.70. The van der Waals surface area contributed by atoms with Crippen LogP contribution in [0.2, 0.25) is 0 Å². The molecule has 0 saturated heterocycles. The summed E-state index contributed by atoms with van der Waals surface area (Å²) in [6.07, 6.45) is 1.93. The van der Waals surface area contributed by atoms with E-state index in [-0.39, 0.29) is 6.10 Å². The molecule has 2 nitrogen and oxygen atoms in total. The molecule has 0 aromatic carbocycles. The molecule has 0 atom stereocenters. The molecule has 0 fully saturated rings. The van der Waals surface area contributed by atoms with E-state index in [0.29, 0.717) is 15.6 Å². The van der Waals surface area contributed by atoms with Crippen molar-refractivity contribution in [3.63, 3.8) is 0 Å². The Bertz CT molecular complexity index is 127. The molecule has 0 bridgehead atoms. The SMILES string of the molecule is CSC(OC(C)C)=S=O. The Morgan fingerprint density at radius 2 is 2.11 bits per heavy atom. The van der Waals surface area contributed by atoms with E-state index in [1.165, 1.54) is 11.8 Å². The average molecular weight is 166 g/mol. The van der Waals surface area contributed by atoms with Crippen molar-refractivity contribution in [2.24, 2.45) is 0 Å². The van der Waals surface area contributed by atoms with Gasteiger partial charge in [-0.2, -0.15) is 0 Å². The first-order valence-electron chi connectivity index (χ1n) is 2.58. The summed E-state index contributed by atoms with van der Waals surface area (Å²) in [5, 5.41) is 0. The summed E-state index contributed by atoms with van der Waals surface area (Å²) in [4.78, 5) is 0. The lowest BCUT2D eigenvalue weighted by atomic mass is 10.5. The van der Waals surface area contributed by atoms with Gasteiger partial charge in [0.05, 0.1) is 6.10 Å². The highest BCUT2D eigenvalue weighted by molar-refractivity contribution is 8.20. The first-order valence-corrected chi connectivity index (χ1v) is 4.54. The van der Waals surface area contributed by atoms with Crippen molar-refractivity contribution in [2.45, 2.75) is 20.0 Å². The summed E-state index contributed by atoms with van der Waals surface area (Å²) in [6, 6.07) is 0. The van der Waals surface area contributed by atoms with E-state index in [2.05, 4.69) is 0 Å². The highest BCUT2D eigenvalue weighted by atomic mass is 32.2. The van der Waals surface area contributed by atoms with Gasteiger partial charge in [-0.1, -0.05) is 11.8 Å². The lowest BCUT2D eigenvalue weighted by molar-refractivity contribution is 0.243. The summed E-state index contributed by atoms with van der Waals surface area (Å²) in [7, 11) is 0. The quantitative estimate of drug-likeness (QED) is 0.545. The standard InChI is InChI=1S/C5H10O2S2/c1-4(2)7-5(8-3)9-6/h4H,1-3H3. The lowest BCUT2D eigenvalue weighted by Crippen LogP contribution is -2.07. The van der Waals surface area contributed by atoms with Crippen molar-refractivity contribution in [3.05, 3.63) is 0 Å². The van der Waals surface area contributed by atoms with E-state index >= 15 is 0 Å². The summed E-state index contributed by atoms with van der Waals surface area (Å²) in [5.41, 5.74) is 0. The van der Waals surface area contributed by atoms with Gasteiger partial charge in [0.1, 0.15) is 11.3 Å². The van der Waals surface area contributed by atoms with Crippen LogP contribution in [0, 0.1) is 0 Å². The number of hydrogen-bond acceptors (Lipinski definition) is 3. The zero-order valence-corrected chi connectivity index (χ0v) is 7.34. The molecule has 0 aliphatic rings. The van der Waals surface area contributed by atoms with Crippen LogP contribution >= 0.6 is 11.8 Å².